The molecule has 0 spiro atoms. The number of methoxy groups -OCH3 is 2. The molecule has 9 nitrogen and oxygen atoms in total. The summed E-state index contributed by atoms with van der Waals surface area (Å²) >= 11 is 6.22. The maximum atomic E-state index is 14.2. The first-order chi connectivity index (χ1) is 20.3. The predicted octanol–water partition coefficient (Wildman–Crippen LogP) is 5.50. The van der Waals surface area contributed by atoms with Gasteiger partial charge in [0, 0.05) is 23.7 Å². The average Bonchev–Trinajstić information content (AvgIpc) is 2.96. The average molecular weight is 630 g/mol. The lowest BCUT2D eigenvalue weighted by Crippen LogP contribution is -2.52. The number of anilines is 1. The molecule has 2 atom stereocenters. The van der Waals surface area contributed by atoms with Gasteiger partial charge in [0.15, 0.2) is 11.5 Å². The van der Waals surface area contributed by atoms with Crippen LogP contribution in [-0.2, 0) is 26.2 Å². The number of ether oxygens (including phenoxy) is 2. The summed E-state index contributed by atoms with van der Waals surface area (Å²) in [5.41, 5.74) is 2.67. The number of hydrogen-bond donors (Lipinski definition) is 1. The van der Waals surface area contributed by atoms with Gasteiger partial charge in [-0.3, -0.25) is 13.9 Å². The van der Waals surface area contributed by atoms with E-state index in [1.165, 1.54) is 37.3 Å². The minimum absolute atomic E-state index is 0.0472. The van der Waals surface area contributed by atoms with Gasteiger partial charge in [-0.25, -0.2) is 8.42 Å². The van der Waals surface area contributed by atoms with Crippen LogP contribution in [0.25, 0.3) is 0 Å². The largest absolute Gasteiger partial charge is 0.493 e. The van der Waals surface area contributed by atoms with E-state index in [1.54, 1.807) is 43.3 Å². The molecule has 2 amide bonds. The Hall–Kier alpha value is -3.76. The van der Waals surface area contributed by atoms with Crippen molar-refractivity contribution in [3.63, 3.8) is 0 Å². The van der Waals surface area contributed by atoms with Crippen LogP contribution in [0.4, 0.5) is 5.69 Å². The second-order valence-electron chi connectivity index (χ2n) is 10.5. The van der Waals surface area contributed by atoms with Crippen molar-refractivity contribution in [2.45, 2.75) is 64.6 Å². The van der Waals surface area contributed by atoms with Gasteiger partial charge in [-0.15, -0.1) is 0 Å². The van der Waals surface area contributed by atoms with E-state index in [9.17, 15) is 18.0 Å². The van der Waals surface area contributed by atoms with Crippen LogP contribution < -0.4 is 19.1 Å². The summed E-state index contributed by atoms with van der Waals surface area (Å²) < 4.78 is 40.2. The second kappa shape index (κ2) is 14.6. The Balaban J connectivity index is 2.11. The Bertz CT molecular complexity index is 1540. The first kappa shape index (κ1) is 33.7. The molecule has 11 heteroatoms. The van der Waals surface area contributed by atoms with Crippen LogP contribution in [-0.4, -0.2) is 58.0 Å². The van der Waals surface area contributed by atoms with Gasteiger partial charge in [-0.2, -0.15) is 0 Å². The highest BCUT2D eigenvalue weighted by molar-refractivity contribution is 7.92. The number of carbonyl (C=O) groups is 2. The highest BCUT2D eigenvalue weighted by atomic mass is 35.5. The fourth-order valence-corrected chi connectivity index (χ4v) is 6.23. The molecule has 0 unspecified atom stereocenters. The number of carbonyl (C=O) groups excluding carboxylic acids is 2. The molecule has 232 valence electrons. The van der Waals surface area contributed by atoms with Crippen LogP contribution in [0.3, 0.4) is 0 Å². The van der Waals surface area contributed by atoms with Crippen LogP contribution in [0.2, 0.25) is 5.02 Å². The van der Waals surface area contributed by atoms with E-state index in [2.05, 4.69) is 5.32 Å². The molecule has 0 aliphatic carbocycles. The number of nitrogens with one attached hydrogen (secondary N) is 1. The minimum atomic E-state index is -4.29. The lowest BCUT2D eigenvalue weighted by atomic mass is 10.1. The van der Waals surface area contributed by atoms with Crippen molar-refractivity contribution in [2.75, 3.05) is 25.1 Å². The molecule has 0 aliphatic rings. The molecule has 43 heavy (non-hydrogen) atoms. The van der Waals surface area contributed by atoms with Crippen LogP contribution >= 0.6 is 11.6 Å². The number of aryl methyl sites for hydroxylation is 2. The Kier molecular flexibility index (Phi) is 11.5. The topological polar surface area (TPSA) is 105 Å². The monoisotopic (exact) mass is 629 g/mol. The molecule has 0 radical (unpaired) electrons. The Morgan fingerprint density at radius 3 is 2.16 bits per heavy atom. The zero-order valence-electron chi connectivity index (χ0n) is 25.7. The number of amides is 2. The lowest BCUT2D eigenvalue weighted by Gasteiger charge is -2.32. The van der Waals surface area contributed by atoms with Crippen molar-refractivity contribution >= 4 is 39.1 Å². The van der Waals surface area contributed by atoms with Crippen LogP contribution in [0.1, 0.15) is 43.9 Å². The van der Waals surface area contributed by atoms with Gasteiger partial charge < -0.3 is 19.7 Å². The Morgan fingerprint density at radius 2 is 1.58 bits per heavy atom. The van der Waals surface area contributed by atoms with E-state index < -0.39 is 28.5 Å². The second-order valence-corrected chi connectivity index (χ2v) is 12.8. The molecule has 0 aromatic heterocycles. The van der Waals surface area contributed by atoms with Crippen LogP contribution in [0, 0.1) is 13.8 Å². The van der Waals surface area contributed by atoms with Gasteiger partial charge >= 0.3 is 0 Å². The highest BCUT2D eigenvalue weighted by Crippen LogP contribution is 2.33. The van der Waals surface area contributed by atoms with Crippen LogP contribution in [0.15, 0.2) is 65.6 Å². The molecule has 0 fully saturated rings. The normalized spacial score (nSPS) is 12.7. The smallest absolute Gasteiger partial charge is 0.264 e. The number of rotatable bonds is 13. The summed E-state index contributed by atoms with van der Waals surface area (Å²) in [5, 5.41) is 3.41. The first-order valence-electron chi connectivity index (χ1n) is 14.0. The van der Waals surface area contributed by atoms with E-state index in [4.69, 9.17) is 21.1 Å². The predicted molar refractivity (Wildman–Crippen MR) is 169 cm³/mol. The van der Waals surface area contributed by atoms with Crippen molar-refractivity contribution in [3.8, 4) is 11.5 Å². The summed E-state index contributed by atoms with van der Waals surface area (Å²) in [6.07, 6.45) is 0.713. The van der Waals surface area contributed by atoms with E-state index in [-0.39, 0.29) is 29.1 Å². The van der Waals surface area contributed by atoms with Crippen molar-refractivity contribution in [1.29, 1.82) is 0 Å². The highest BCUT2D eigenvalue weighted by Gasteiger charge is 2.33. The van der Waals surface area contributed by atoms with E-state index in [0.717, 1.165) is 15.4 Å². The fourth-order valence-electron chi connectivity index (χ4n) is 4.61. The fraction of sp³-hybridized carbons (Fsp3) is 0.375. The van der Waals surface area contributed by atoms with Crippen molar-refractivity contribution < 1.29 is 27.5 Å². The lowest BCUT2D eigenvalue weighted by molar-refractivity contribution is -0.139. The summed E-state index contributed by atoms with van der Waals surface area (Å²) in [5.74, 6) is -0.307. The molecule has 3 rings (SSSR count). The van der Waals surface area contributed by atoms with E-state index in [1.807, 2.05) is 33.8 Å². The van der Waals surface area contributed by atoms with Gasteiger partial charge in [0.25, 0.3) is 10.0 Å². The van der Waals surface area contributed by atoms with Crippen molar-refractivity contribution in [1.82, 2.24) is 10.2 Å². The molecule has 0 bridgehead atoms. The standard InChI is InChI=1S/C32H40ClN3O6S/c1-8-23(4)34-32(38)24(5)35(19-25-10-9-11-26(33)17-25)31(37)20-36(27-15-21(2)14-22(3)16-27)43(39,40)28-12-13-29(41-6)30(18-28)42-7/h9-18,23-24H,8,19-20H2,1-7H3,(H,34,38)/t23-,24-/m0/s1. The zero-order chi connectivity index (χ0) is 31.9. The molecule has 3 aromatic carbocycles. The molecule has 0 heterocycles. The maximum Gasteiger partial charge on any atom is 0.264 e. The zero-order valence-corrected chi connectivity index (χ0v) is 27.3. The summed E-state index contributed by atoms with van der Waals surface area (Å²) in [4.78, 5) is 28.7. The Labute approximate surface area is 259 Å². The molecule has 0 aliphatic heterocycles. The van der Waals surface area contributed by atoms with Gasteiger partial charge in [-0.1, -0.05) is 36.7 Å². The number of nitrogens with zero attached hydrogens (tertiary/aromatic N) is 2. The Morgan fingerprint density at radius 1 is 0.930 bits per heavy atom. The summed E-state index contributed by atoms with van der Waals surface area (Å²) in [7, 11) is -1.42. The molecular weight excluding hydrogens is 590 g/mol. The third-order valence-corrected chi connectivity index (χ3v) is 9.13. The van der Waals surface area contributed by atoms with E-state index in [0.29, 0.717) is 28.4 Å². The molecule has 0 saturated heterocycles. The maximum absolute atomic E-state index is 14.2. The number of hydrogen-bond acceptors (Lipinski definition) is 6. The van der Waals surface area contributed by atoms with Gasteiger partial charge in [0.1, 0.15) is 12.6 Å². The molecule has 0 saturated carbocycles. The molecular formula is C32H40ClN3O6S. The number of halogens is 1. The third-order valence-electron chi connectivity index (χ3n) is 7.13. The van der Waals surface area contributed by atoms with Gasteiger partial charge in [0.05, 0.1) is 24.8 Å². The van der Waals surface area contributed by atoms with Gasteiger partial charge in [-0.05, 0) is 87.2 Å². The van der Waals surface area contributed by atoms with Crippen LogP contribution in [0.5, 0.6) is 11.5 Å². The minimum Gasteiger partial charge on any atom is -0.493 e. The first-order valence-corrected chi connectivity index (χ1v) is 15.8. The summed E-state index contributed by atoms with van der Waals surface area (Å²) in [6.45, 7) is 8.66. The molecule has 3 aromatic rings. The van der Waals surface area contributed by atoms with E-state index >= 15 is 0 Å². The van der Waals surface area contributed by atoms with Crippen molar-refractivity contribution in [2.24, 2.45) is 0 Å². The molecule has 1 N–H and O–H groups in total. The summed E-state index contributed by atoms with van der Waals surface area (Å²) in [6, 6.07) is 15.6. The SMILES string of the molecule is CC[C@H](C)NC(=O)[C@H](C)N(Cc1cccc(Cl)c1)C(=O)CN(c1cc(C)cc(C)c1)S(=O)(=O)c1ccc(OC)c(OC)c1. The number of sulfonamides is 1. The van der Waals surface area contributed by atoms with Crippen molar-refractivity contribution in [3.05, 3.63) is 82.4 Å². The van der Waals surface area contributed by atoms with Gasteiger partial charge in [0.2, 0.25) is 11.8 Å². The third kappa shape index (κ3) is 8.42. The quantitative estimate of drug-likeness (QED) is 0.268. The number of benzene rings is 3.